The van der Waals surface area contributed by atoms with Crippen molar-refractivity contribution in [3.8, 4) is 0 Å². The molecule has 0 saturated carbocycles. The zero-order valence-corrected chi connectivity index (χ0v) is 10.6. The third-order valence-electron chi connectivity index (χ3n) is 2.73. The van der Waals surface area contributed by atoms with Gasteiger partial charge in [-0.3, -0.25) is 4.79 Å². The molecule has 8 heteroatoms. The summed E-state index contributed by atoms with van der Waals surface area (Å²) in [7, 11) is -3.02. The first-order valence-electron chi connectivity index (χ1n) is 5.55. The van der Waals surface area contributed by atoms with Crippen LogP contribution >= 0.6 is 0 Å². The monoisotopic (exact) mass is 270 g/mol. The maximum Gasteiger partial charge on any atom is 0.274 e. The summed E-state index contributed by atoms with van der Waals surface area (Å²) in [5.74, 6) is 0.0651. The standard InChI is InChI=1S/C10H14N4O3S/c11-9-7-12-8(6-13-9)10(15)14-2-1-4-18(16,17)5-3-14/h6-7H,1-5H2,(H2,11,13). The molecular formula is C10H14N4O3S. The van der Waals surface area contributed by atoms with Crippen LogP contribution in [0.15, 0.2) is 12.4 Å². The Morgan fingerprint density at radius 1 is 1.22 bits per heavy atom. The topological polar surface area (TPSA) is 106 Å². The molecule has 1 aromatic rings. The number of carbonyl (C=O) groups excluding carboxylic acids is 1. The molecule has 1 saturated heterocycles. The molecule has 0 aromatic carbocycles. The summed E-state index contributed by atoms with van der Waals surface area (Å²) in [6, 6.07) is 0. The van der Waals surface area contributed by atoms with Gasteiger partial charge in [-0.1, -0.05) is 0 Å². The maximum atomic E-state index is 12.1. The molecular weight excluding hydrogens is 256 g/mol. The van der Waals surface area contributed by atoms with Crippen molar-refractivity contribution in [3.05, 3.63) is 18.1 Å². The number of nitrogens with two attached hydrogens (primary N) is 1. The van der Waals surface area contributed by atoms with E-state index in [0.29, 0.717) is 13.0 Å². The quantitative estimate of drug-likeness (QED) is 0.724. The number of nitrogens with zero attached hydrogens (tertiary/aromatic N) is 3. The number of anilines is 1. The van der Waals surface area contributed by atoms with Gasteiger partial charge in [0.15, 0.2) is 9.84 Å². The largest absolute Gasteiger partial charge is 0.382 e. The van der Waals surface area contributed by atoms with E-state index >= 15 is 0 Å². The van der Waals surface area contributed by atoms with Gasteiger partial charge in [-0.25, -0.2) is 18.4 Å². The number of hydrogen-bond acceptors (Lipinski definition) is 6. The molecule has 0 atom stereocenters. The minimum absolute atomic E-state index is 0.00113. The van der Waals surface area contributed by atoms with Gasteiger partial charge in [-0.05, 0) is 6.42 Å². The predicted octanol–water partition coefficient (Wildman–Crippen LogP) is -0.681. The molecule has 2 heterocycles. The summed E-state index contributed by atoms with van der Waals surface area (Å²) >= 11 is 0. The molecule has 1 amide bonds. The fourth-order valence-corrected chi connectivity index (χ4v) is 3.02. The molecule has 0 radical (unpaired) electrons. The lowest BCUT2D eigenvalue weighted by Crippen LogP contribution is -2.34. The Balaban J connectivity index is 2.12. The van der Waals surface area contributed by atoms with E-state index < -0.39 is 9.84 Å². The van der Waals surface area contributed by atoms with E-state index in [-0.39, 0.29) is 35.5 Å². The number of carbonyl (C=O) groups is 1. The van der Waals surface area contributed by atoms with Crippen molar-refractivity contribution in [3.63, 3.8) is 0 Å². The second kappa shape index (κ2) is 4.89. The minimum atomic E-state index is -3.02. The zero-order valence-electron chi connectivity index (χ0n) is 9.74. The van der Waals surface area contributed by atoms with Gasteiger partial charge in [0.25, 0.3) is 5.91 Å². The lowest BCUT2D eigenvalue weighted by molar-refractivity contribution is 0.0762. The van der Waals surface area contributed by atoms with Crippen molar-refractivity contribution in [1.29, 1.82) is 0 Å². The Morgan fingerprint density at radius 3 is 2.67 bits per heavy atom. The molecule has 1 fully saturated rings. The fourth-order valence-electron chi connectivity index (χ4n) is 1.75. The van der Waals surface area contributed by atoms with Crippen LogP contribution in [0.3, 0.4) is 0 Å². The van der Waals surface area contributed by atoms with E-state index in [1.807, 2.05) is 0 Å². The van der Waals surface area contributed by atoms with Crippen LogP contribution in [0.1, 0.15) is 16.9 Å². The van der Waals surface area contributed by atoms with Gasteiger partial charge >= 0.3 is 0 Å². The molecule has 2 rings (SSSR count). The van der Waals surface area contributed by atoms with Crippen LogP contribution in [0.25, 0.3) is 0 Å². The third kappa shape index (κ3) is 2.95. The molecule has 2 N–H and O–H groups in total. The molecule has 0 bridgehead atoms. The number of hydrogen-bond donors (Lipinski definition) is 1. The first-order valence-corrected chi connectivity index (χ1v) is 7.37. The third-order valence-corrected chi connectivity index (χ3v) is 4.45. The molecule has 1 aliphatic heterocycles. The van der Waals surface area contributed by atoms with Crippen LogP contribution in [0.2, 0.25) is 0 Å². The average Bonchev–Trinajstić information content (AvgIpc) is 2.50. The van der Waals surface area contributed by atoms with Crippen molar-refractivity contribution in [1.82, 2.24) is 14.9 Å². The van der Waals surface area contributed by atoms with E-state index in [9.17, 15) is 13.2 Å². The Hall–Kier alpha value is -1.70. The van der Waals surface area contributed by atoms with E-state index in [1.54, 1.807) is 0 Å². The molecule has 0 spiro atoms. The number of rotatable bonds is 1. The Morgan fingerprint density at radius 2 is 2.00 bits per heavy atom. The van der Waals surface area contributed by atoms with Crippen LogP contribution in [-0.4, -0.2) is 53.8 Å². The first-order chi connectivity index (χ1) is 8.48. The number of aromatic nitrogens is 2. The number of nitrogen functional groups attached to an aromatic ring is 1. The Bertz CT molecular complexity index is 541. The number of amides is 1. The maximum absolute atomic E-state index is 12.1. The first kappa shape index (κ1) is 12.7. The highest BCUT2D eigenvalue weighted by atomic mass is 32.2. The average molecular weight is 270 g/mol. The predicted molar refractivity (Wildman–Crippen MR) is 65.6 cm³/mol. The van der Waals surface area contributed by atoms with Crippen LogP contribution in [0, 0.1) is 0 Å². The minimum Gasteiger partial charge on any atom is -0.382 e. The van der Waals surface area contributed by atoms with E-state index in [2.05, 4.69) is 9.97 Å². The summed E-state index contributed by atoms with van der Waals surface area (Å²) in [6.45, 7) is 0.622. The Labute approximate surface area is 105 Å². The van der Waals surface area contributed by atoms with Gasteiger partial charge in [-0.2, -0.15) is 0 Å². The lowest BCUT2D eigenvalue weighted by atomic mass is 10.3. The molecule has 0 aliphatic carbocycles. The molecule has 18 heavy (non-hydrogen) atoms. The van der Waals surface area contributed by atoms with Crippen molar-refractivity contribution in [2.24, 2.45) is 0 Å². The summed E-state index contributed by atoms with van der Waals surface area (Å²) in [6.07, 6.45) is 3.06. The number of sulfone groups is 1. The van der Waals surface area contributed by atoms with Crippen molar-refractivity contribution >= 4 is 21.6 Å². The highest BCUT2D eigenvalue weighted by molar-refractivity contribution is 7.91. The Kier molecular flexibility index (Phi) is 3.46. The van der Waals surface area contributed by atoms with Gasteiger partial charge in [-0.15, -0.1) is 0 Å². The van der Waals surface area contributed by atoms with Crippen molar-refractivity contribution in [2.45, 2.75) is 6.42 Å². The summed E-state index contributed by atoms with van der Waals surface area (Å²) in [4.78, 5) is 21.2. The normalized spacial score (nSPS) is 19.2. The summed E-state index contributed by atoms with van der Waals surface area (Å²) < 4.78 is 22.9. The van der Waals surface area contributed by atoms with Crippen LogP contribution in [0.4, 0.5) is 5.82 Å². The van der Waals surface area contributed by atoms with Gasteiger partial charge in [0.1, 0.15) is 11.5 Å². The van der Waals surface area contributed by atoms with Crippen molar-refractivity contribution < 1.29 is 13.2 Å². The highest BCUT2D eigenvalue weighted by Crippen LogP contribution is 2.08. The van der Waals surface area contributed by atoms with Crippen LogP contribution in [-0.2, 0) is 9.84 Å². The van der Waals surface area contributed by atoms with Gasteiger partial charge in [0, 0.05) is 13.1 Å². The van der Waals surface area contributed by atoms with E-state index in [4.69, 9.17) is 5.73 Å². The van der Waals surface area contributed by atoms with Gasteiger partial charge < -0.3 is 10.6 Å². The summed E-state index contributed by atoms with van der Waals surface area (Å²) in [5.41, 5.74) is 5.57. The highest BCUT2D eigenvalue weighted by Gasteiger charge is 2.24. The second-order valence-corrected chi connectivity index (χ2v) is 6.43. The van der Waals surface area contributed by atoms with Crippen LogP contribution < -0.4 is 5.73 Å². The lowest BCUT2D eigenvalue weighted by Gasteiger charge is -2.18. The van der Waals surface area contributed by atoms with Crippen LogP contribution in [0.5, 0.6) is 0 Å². The molecule has 1 aliphatic rings. The molecule has 98 valence electrons. The van der Waals surface area contributed by atoms with Gasteiger partial charge in [0.2, 0.25) is 0 Å². The van der Waals surface area contributed by atoms with Crippen molar-refractivity contribution in [2.75, 3.05) is 30.3 Å². The fraction of sp³-hybridized carbons (Fsp3) is 0.500. The zero-order chi connectivity index (χ0) is 13.2. The molecule has 7 nitrogen and oxygen atoms in total. The SMILES string of the molecule is Nc1cnc(C(=O)N2CCCS(=O)(=O)CC2)cn1. The van der Waals surface area contributed by atoms with E-state index in [1.165, 1.54) is 17.3 Å². The smallest absolute Gasteiger partial charge is 0.274 e. The molecule has 1 aromatic heterocycles. The van der Waals surface area contributed by atoms with E-state index in [0.717, 1.165) is 0 Å². The van der Waals surface area contributed by atoms with Gasteiger partial charge in [0.05, 0.1) is 23.9 Å². The second-order valence-electron chi connectivity index (χ2n) is 4.12. The summed E-state index contributed by atoms with van der Waals surface area (Å²) in [5, 5.41) is 0. The molecule has 0 unspecified atom stereocenters.